The molecule has 0 heterocycles. The van der Waals surface area contributed by atoms with Crippen LogP contribution in [0.2, 0.25) is 0 Å². The molecule has 116 valence electrons. The third-order valence-electron chi connectivity index (χ3n) is 2.66. The summed E-state index contributed by atoms with van der Waals surface area (Å²) in [5.41, 5.74) is 0.276. The molecule has 0 aromatic heterocycles. The van der Waals surface area contributed by atoms with Crippen LogP contribution in [0.4, 0.5) is 13.2 Å². The highest BCUT2D eigenvalue weighted by molar-refractivity contribution is 5.92. The Balaban J connectivity index is 2.31. The van der Waals surface area contributed by atoms with Crippen molar-refractivity contribution in [3.8, 4) is 11.5 Å². The maximum atomic E-state index is 12.4. The summed E-state index contributed by atoms with van der Waals surface area (Å²) < 4.78 is 46.3. The van der Waals surface area contributed by atoms with Gasteiger partial charge >= 0.3 is 12.3 Å². The third kappa shape index (κ3) is 4.15. The molecular weight excluding hydrogens is 301 g/mol. The highest BCUT2D eigenvalue weighted by atomic mass is 19.4. The second-order valence-corrected chi connectivity index (χ2v) is 4.26. The first-order valence-electron chi connectivity index (χ1n) is 6.15. The van der Waals surface area contributed by atoms with E-state index in [-0.39, 0.29) is 6.61 Å². The lowest BCUT2D eigenvalue weighted by molar-refractivity contribution is -0.275. The van der Waals surface area contributed by atoms with Gasteiger partial charge in [-0.25, -0.2) is 4.79 Å². The van der Waals surface area contributed by atoms with Crippen LogP contribution in [0.25, 0.3) is 0 Å². The summed E-state index contributed by atoms with van der Waals surface area (Å²) in [6.45, 7) is -0.0840. The second-order valence-electron chi connectivity index (χ2n) is 4.26. The van der Waals surface area contributed by atoms with Gasteiger partial charge in [-0.1, -0.05) is 36.4 Å². The van der Waals surface area contributed by atoms with Crippen molar-refractivity contribution in [3.63, 3.8) is 0 Å². The number of hydrogen-bond donors (Lipinski definition) is 1. The summed E-state index contributed by atoms with van der Waals surface area (Å²) in [6.07, 6.45) is -4.94. The zero-order chi connectivity index (χ0) is 16.2. The van der Waals surface area contributed by atoms with Crippen LogP contribution in [0.1, 0.15) is 15.9 Å². The Hall–Kier alpha value is -2.70. The average molecular weight is 312 g/mol. The fourth-order valence-corrected chi connectivity index (χ4v) is 1.77. The largest absolute Gasteiger partial charge is 0.573 e. The van der Waals surface area contributed by atoms with Crippen LogP contribution in [-0.2, 0) is 6.61 Å². The first kappa shape index (κ1) is 15.7. The van der Waals surface area contributed by atoms with Gasteiger partial charge in [-0.15, -0.1) is 13.2 Å². The van der Waals surface area contributed by atoms with Crippen LogP contribution in [-0.4, -0.2) is 17.4 Å². The fourth-order valence-electron chi connectivity index (χ4n) is 1.77. The Kier molecular flexibility index (Phi) is 4.55. The van der Waals surface area contributed by atoms with Gasteiger partial charge in [-0.3, -0.25) is 0 Å². The Bertz CT molecular complexity index is 654. The lowest BCUT2D eigenvalue weighted by atomic mass is 10.2. The normalized spacial score (nSPS) is 11.0. The first-order valence-corrected chi connectivity index (χ1v) is 6.15. The summed E-state index contributed by atoms with van der Waals surface area (Å²) in [5.74, 6) is -2.56. The summed E-state index contributed by atoms with van der Waals surface area (Å²) >= 11 is 0. The van der Waals surface area contributed by atoms with Gasteiger partial charge in [-0.2, -0.15) is 0 Å². The molecule has 0 saturated heterocycles. The number of ether oxygens (including phenoxy) is 2. The molecule has 0 saturated carbocycles. The molecule has 4 nitrogen and oxygen atoms in total. The van der Waals surface area contributed by atoms with Gasteiger partial charge in [0.1, 0.15) is 12.2 Å². The molecule has 2 aromatic carbocycles. The second kappa shape index (κ2) is 6.38. The molecule has 0 fully saturated rings. The van der Waals surface area contributed by atoms with Crippen molar-refractivity contribution in [1.29, 1.82) is 0 Å². The van der Waals surface area contributed by atoms with Crippen molar-refractivity contribution >= 4 is 5.97 Å². The maximum Gasteiger partial charge on any atom is 0.573 e. The van der Waals surface area contributed by atoms with Gasteiger partial charge in [0.05, 0.1) is 0 Å². The number of carboxylic acid groups (broad SMARTS) is 1. The number of hydrogen-bond acceptors (Lipinski definition) is 3. The Morgan fingerprint density at radius 1 is 1.05 bits per heavy atom. The number of aromatic carboxylic acids is 1. The first-order chi connectivity index (χ1) is 10.4. The van der Waals surface area contributed by atoms with E-state index in [1.54, 1.807) is 30.3 Å². The van der Waals surface area contributed by atoms with Gasteiger partial charge in [-0.05, 0) is 17.7 Å². The van der Waals surface area contributed by atoms with Crippen LogP contribution in [0.3, 0.4) is 0 Å². The molecule has 0 aliphatic heterocycles. The zero-order valence-corrected chi connectivity index (χ0v) is 11.1. The lowest BCUT2D eigenvalue weighted by Gasteiger charge is -2.16. The highest BCUT2D eigenvalue weighted by Gasteiger charge is 2.33. The number of benzene rings is 2. The van der Waals surface area contributed by atoms with E-state index in [1.165, 1.54) is 0 Å². The molecule has 0 unspecified atom stereocenters. The van der Waals surface area contributed by atoms with Crippen LogP contribution in [0, 0.1) is 0 Å². The van der Waals surface area contributed by atoms with E-state index in [2.05, 4.69) is 4.74 Å². The molecule has 0 amide bonds. The SMILES string of the molecule is O=C(O)c1cccc(OC(F)(F)F)c1OCc1ccccc1. The summed E-state index contributed by atoms with van der Waals surface area (Å²) in [7, 11) is 0. The quantitative estimate of drug-likeness (QED) is 0.911. The molecule has 0 aliphatic carbocycles. The van der Waals surface area contributed by atoms with Crippen LogP contribution < -0.4 is 9.47 Å². The van der Waals surface area contributed by atoms with Crippen molar-refractivity contribution < 1.29 is 32.5 Å². The minimum atomic E-state index is -4.94. The number of carbonyl (C=O) groups is 1. The summed E-state index contributed by atoms with van der Waals surface area (Å²) in [5, 5.41) is 9.07. The highest BCUT2D eigenvalue weighted by Crippen LogP contribution is 2.35. The van der Waals surface area contributed by atoms with Crippen LogP contribution in [0.15, 0.2) is 48.5 Å². The smallest absolute Gasteiger partial charge is 0.484 e. The maximum absolute atomic E-state index is 12.4. The van der Waals surface area contributed by atoms with E-state index in [1.807, 2.05) is 0 Å². The van der Waals surface area contributed by atoms with Crippen molar-refractivity contribution in [2.24, 2.45) is 0 Å². The number of rotatable bonds is 5. The van der Waals surface area contributed by atoms with Crippen molar-refractivity contribution in [2.75, 3.05) is 0 Å². The van der Waals surface area contributed by atoms with Gasteiger partial charge in [0.15, 0.2) is 11.5 Å². The topological polar surface area (TPSA) is 55.8 Å². The molecule has 22 heavy (non-hydrogen) atoms. The molecule has 2 aromatic rings. The Morgan fingerprint density at radius 2 is 1.73 bits per heavy atom. The van der Waals surface area contributed by atoms with Crippen molar-refractivity contribution in [3.05, 3.63) is 59.7 Å². The minimum absolute atomic E-state index is 0.0840. The number of alkyl halides is 3. The predicted molar refractivity (Wildman–Crippen MR) is 70.9 cm³/mol. The summed E-state index contributed by atoms with van der Waals surface area (Å²) in [6, 6.07) is 11.9. The van der Waals surface area contributed by atoms with Gasteiger partial charge in [0.2, 0.25) is 0 Å². The molecule has 7 heteroatoms. The molecule has 0 aliphatic rings. The fraction of sp³-hybridized carbons (Fsp3) is 0.133. The van der Waals surface area contributed by atoms with E-state index in [0.717, 1.165) is 18.2 Å². The van der Waals surface area contributed by atoms with E-state index in [4.69, 9.17) is 9.84 Å². The third-order valence-corrected chi connectivity index (χ3v) is 2.66. The molecule has 0 radical (unpaired) electrons. The van der Waals surface area contributed by atoms with Crippen molar-refractivity contribution in [1.82, 2.24) is 0 Å². The standard InChI is InChI=1S/C15H11F3O4/c16-15(17,18)22-12-8-4-7-11(14(19)20)13(12)21-9-10-5-2-1-3-6-10/h1-8H,9H2,(H,19,20). The number of carboxylic acids is 1. The van der Waals surface area contributed by atoms with E-state index in [0.29, 0.717) is 5.56 Å². The number of halogens is 3. The lowest BCUT2D eigenvalue weighted by Crippen LogP contribution is -2.18. The van der Waals surface area contributed by atoms with Gasteiger partial charge in [0.25, 0.3) is 0 Å². The summed E-state index contributed by atoms with van der Waals surface area (Å²) in [4.78, 5) is 11.1. The Morgan fingerprint density at radius 3 is 2.32 bits per heavy atom. The van der Waals surface area contributed by atoms with Crippen molar-refractivity contribution in [2.45, 2.75) is 13.0 Å². The Labute approximate surface area is 123 Å². The molecular formula is C15H11F3O4. The van der Waals surface area contributed by atoms with E-state index < -0.39 is 29.4 Å². The van der Waals surface area contributed by atoms with E-state index in [9.17, 15) is 18.0 Å². The van der Waals surface area contributed by atoms with Gasteiger partial charge in [0, 0.05) is 0 Å². The molecule has 0 bridgehead atoms. The van der Waals surface area contributed by atoms with E-state index >= 15 is 0 Å². The molecule has 0 spiro atoms. The molecule has 2 rings (SSSR count). The van der Waals surface area contributed by atoms with Crippen LogP contribution >= 0.6 is 0 Å². The predicted octanol–water partition coefficient (Wildman–Crippen LogP) is 3.86. The van der Waals surface area contributed by atoms with Crippen LogP contribution in [0.5, 0.6) is 11.5 Å². The molecule has 1 N–H and O–H groups in total. The number of para-hydroxylation sites is 1. The monoisotopic (exact) mass is 312 g/mol. The average Bonchev–Trinajstić information content (AvgIpc) is 2.45. The molecule has 0 atom stereocenters. The zero-order valence-electron chi connectivity index (χ0n) is 11.1. The minimum Gasteiger partial charge on any atom is -0.484 e. The van der Waals surface area contributed by atoms with Gasteiger partial charge < -0.3 is 14.6 Å².